The molecule has 8 heteroatoms. The van der Waals surface area contributed by atoms with Gasteiger partial charge in [-0.2, -0.15) is 0 Å². The van der Waals surface area contributed by atoms with Crippen LogP contribution in [0.2, 0.25) is 5.02 Å². The molecule has 172 valence electrons. The molecule has 1 aromatic carbocycles. The third-order valence-electron chi connectivity index (χ3n) is 6.13. The van der Waals surface area contributed by atoms with Crippen LogP contribution in [0.15, 0.2) is 35.1 Å². The van der Waals surface area contributed by atoms with Crippen LogP contribution in [-0.2, 0) is 29.0 Å². The Balaban J connectivity index is 1.57. The molecule has 4 rings (SSSR count). The summed E-state index contributed by atoms with van der Waals surface area (Å²) in [5.41, 5.74) is 1.86. The second-order valence-corrected chi connectivity index (χ2v) is 8.64. The normalized spacial score (nSPS) is 19.1. The van der Waals surface area contributed by atoms with E-state index in [2.05, 4.69) is 4.90 Å². The molecule has 0 bridgehead atoms. The largest absolute Gasteiger partial charge is 0.490 e. The zero-order valence-corrected chi connectivity index (χ0v) is 19.1. The molecule has 2 aromatic rings. The minimum absolute atomic E-state index is 0.0260. The lowest BCUT2D eigenvalue weighted by Crippen LogP contribution is -2.30. The summed E-state index contributed by atoms with van der Waals surface area (Å²) in [4.78, 5) is 27.9. The van der Waals surface area contributed by atoms with E-state index in [9.17, 15) is 9.59 Å². The van der Waals surface area contributed by atoms with E-state index in [1.165, 1.54) is 13.2 Å². The SMILES string of the molecule is COC(=O)c1c(OC[C@H]2CCCCO2)cc(=O)n2c1CCN(Cc1ccccc1Cl)CC2. The summed E-state index contributed by atoms with van der Waals surface area (Å²) < 4.78 is 18.4. The highest BCUT2D eigenvalue weighted by atomic mass is 35.5. The molecular formula is C24H29ClN2O5. The highest BCUT2D eigenvalue weighted by molar-refractivity contribution is 6.31. The molecule has 2 aliphatic rings. The number of carbonyl (C=O) groups excluding carboxylic acids is 1. The number of hydrogen-bond donors (Lipinski definition) is 0. The van der Waals surface area contributed by atoms with Crippen LogP contribution in [0, 0.1) is 0 Å². The van der Waals surface area contributed by atoms with Crippen LogP contribution in [0.5, 0.6) is 5.75 Å². The Labute approximate surface area is 192 Å². The van der Waals surface area contributed by atoms with Gasteiger partial charge in [-0.1, -0.05) is 29.8 Å². The first-order valence-electron chi connectivity index (χ1n) is 11.1. The molecule has 1 aromatic heterocycles. The van der Waals surface area contributed by atoms with E-state index in [-0.39, 0.29) is 17.4 Å². The number of pyridine rings is 1. The topological polar surface area (TPSA) is 70.0 Å². The fraction of sp³-hybridized carbons (Fsp3) is 0.500. The van der Waals surface area contributed by atoms with Gasteiger partial charge in [0.25, 0.3) is 5.56 Å². The van der Waals surface area contributed by atoms with E-state index in [4.69, 9.17) is 25.8 Å². The zero-order valence-electron chi connectivity index (χ0n) is 18.3. The summed E-state index contributed by atoms with van der Waals surface area (Å²) >= 11 is 6.33. The number of carbonyl (C=O) groups is 1. The van der Waals surface area contributed by atoms with Crippen molar-refractivity contribution < 1.29 is 19.0 Å². The lowest BCUT2D eigenvalue weighted by molar-refractivity contribution is -0.0114. The number of nitrogens with zero attached hydrogens (tertiary/aromatic N) is 2. The number of methoxy groups -OCH3 is 1. The third kappa shape index (κ3) is 5.17. The molecule has 0 spiro atoms. The van der Waals surface area contributed by atoms with Crippen molar-refractivity contribution in [1.82, 2.24) is 9.47 Å². The Morgan fingerprint density at radius 2 is 2.06 bits per heavy atom. The second kappa shape index (κ2) is 10.5. The summed E-state index contributed by atoms with van der Waals surface area (Å²) in [6.07, 6.45) is 3.55. The monoisotopic (exact) mass is 460 g/mol. The lowest BCUT2D eigenvalue weighted by atomic mass is 10.1. The average molecular weight is 461 g/mol. The number of hydrogen-bond acceptors (Lipinski definition) is 6. The Bertz CT molecular complexity index is 1020. The molecule has 0 unspecified atom stereocenters. The van der Waals surface area contributed by atoms with Gasteiger partial charge in [0.15, 0.2) is 0 Å². The van der Waals surface area contributed by atoms with Gasteiger partial charge < -0.3 is 18.8 Å². The quantitative estimate of drug-likeness (QED) is 0.616. The highest BCUT2D eigenvalue weighted by Gasteiger charge is 2.27. The molecule has 0 N–H and O–H groups in total. The number of fused-ring (bicyclic) bond motifs is 1. The molecule has 3 heterocycles. The molecule has 1 atom stereocenters. The van der Waals surface area contributed by atoms with Gasteiger partial charge >= 0.3 is 5.97 Å². The first-order chi connectivity index (χ1) is 15.6. The standard InChI is InChI=1S/C24H29ClN2O5/c1-30-24(29)23-20-9-10-26(15-17-6-2-3-8-19(17)25)11-12-27(20)22(28)14-21(23)32-16-18-7-4-5-13-31-18/h2-3,6,8,14,18H,4-5,7,9-13,15-16H2,1H3/t18-/m1/s1. The highest BCUT2D eigenvalue weighted by Crippen LogP contribution is 2.26. The number of benzene rings is 1. The summed E-state index contributed by atoms with van der Waals surface area (Å²) in [7, 11) is 1.35. The predicted octanol–water partition coefficient (Wildman–Crippen LogP) is 3.29. The molecule has 1 fully saturated rings. The van der Waals surface area contributed by atoms with Gasteiger partial charge in [0.1, 0.15) is 17.9 Å². The van der Waals surface area contributed by atoms with Gasteiger partial charge in [0, 0.05) is 56.0 Å². The van der Waals surface area contributed by atoms with Gasteiger partial charge in [-0.05, 0) is 30.9 Å². The molecule has 0 radical (unpaired) electrons. The maximum atomic E-state index is 12.9. The van der Waals surface area contributed by atoms with E-state index < -0.39 is 5.97 Å². The number of aromatic nitrogens is 1. The number of ether oxygens (including phenoxy) is 3. The van der Waals surface area contributed by atoms with Gasteiger partial charge in [-0.3, -0.25) is 9.69 Å². The fourth-order valence-electron chi connectivity index (χ4n) is 4.38. The maximum Gasteiger partial charge on any atom is 0.343 e. The summed E-state index contributed by atoms with van der Waals surface area (Å²) in [6, 6.07) is 9.16. The van der Waals surface area contributed by atoms with Crippen molar-refractivity contribution in [2.45, 2.75) is 44.9 Å². The minimum atomic E-state index is -0.493. The van der Waals surface area contributed by atoms with E-state index >= 15 is 0 Å². The molecule has 32 heavy (non-hydrogen) atoms. The third-order valence-corrected chi connectivity index (χ3v) is 6.49. The van der Waals surface area contributed by atoms with Crippen molar-refractivity contribution in [3.63, 3.8) is 0 Å². The lowest BCUT2D eigenvalue weighted by Gasteiger charge is -2.24. The van der Waals surface area contributed by atoms with E-state index in [0.717, 1.165) is 29.8 Å². The Morgan fingerprint density at radius 3 is 2.81 bits per heavy atom. The smallest absolute Gasteiger partial charge is 0.343 e. The Morgan fingerprint density at radius 1 is 1.22 bits per heavy atom. The molecule has 0 aliphatic carbocycles. The molecule has 7 nitrogen and oxygen atoms in total. The van der Waals surface area contributed by atoms with Crippen LogP contribution in [0.25, 0.3) is 0 Å². The molecular weight excluding hydrogens is 432 g/mol. The van der Waals surface area contributed by atoms with Gasteiger partial charge in [0.2, 0.25) is 0 Å². The van der Waals surface area contributed by atoms with Crippen LogP contribution in [0.4, 0.5) is 0 Å². The van der Waals surface area contributed by atoms with E-state index in [1.54, 1.807) is 4.57 Å². The molecule has 2 aliphatic heterocycles. The van der Waals surface area contributed by atoms with Crippen LogP contribution in [0.1, 0.15) is 40.9 Å². The van der Waals surface area contributed by atoms with Crippen molar-refractivity contribution in [3.8, 4) is 5.75 Å². The van der Waals surface area contributed by atoms with Crippen LogP contribution in [-0.4, -0.2) is 55.0 Å². The Kier molecular flexibility index (Phi) is 7.50. The fourth-order valence-corrected chi connectivity index (χ4v) is 4.57. The summed E-state index contributed by atoms with van der Waals surface area (Å²) in [6.45, 7) is 3.54. The van der Waals surface area contributed by atoms with Gasteiger partial charge in [-0.15, -0.1) is 0 Å². The number of rotatable bonds is 6. The molecule has 0 amide bonds. The first kappa shape index (κ1) is 22.8. The van der Waals surface area contributed by atoms with Crippen molar-refractivity contribution in [2.75, 3.05) is 33.4 Å². The average Bonchev–Trinajstić information content (AvgIpc) is 3.02. The van der Waals surface area contributed by atoms with Crippen molar-refractivity contribution in [1.29, 1.82) is 0 Å². The van der Waals surface area contributed by atoms with E-state index in [1.807, 2.05) is 24.3 Å². The van der Waals surface area contributed by atoms with Crippen molar-refractivity contribution in [2.24, 2.45) is 0 Å². The minimum Gasteiger partial charge on any atom is -0.490 e. The van der Waals surface area contributed by atoms with Crippen LogP contribution in [0.3, 0.4) is 0 Å². The molecule has 0 saturated carbocycles. The Hall–Kier alpha value is -2.35. The van der Waals surface area contributed by atoms with Crippen molar-refractivity contribution in [3.05, 3.63) is 62.5 Å². The van der Waals surface area contributed by atoms with Gasteiger partial charge in [0.05, 0.1) is 13.2 Å². The van der Waals surface area contributed by atoms with Crippen molar-refractivity contribution >= 4 is 17.6 Å². The second-order valence-electron chi connectivity index (χ2n) is 8.23. The number of halogens is 1. The summed E-state index contributed by atoms with van der Waals surface area (Å²) in [5.74, 6) is -0.213. The first-order valence-corrected chi connectivity index (χ1v) is 11.5. The van der Waals surface area contributed by atoms with Crippen LogP contribution >= 0.6 is 11.6 Å². The predicted molar refractivity (Wildman–Crippen MR) is 122 cm³/mol. The summed E-state index contributed by atoms with van der Waals surface area (Å²) in [5, 5.41) is 0.724. The molecule has 1 saturated heterocycles. The zero-order chi connectivity index (χ0) is 22.5. The number of esters is 1. The van der Waals surface area contributed by atoms with E-state index in [0.29, 0.717) is 57.1 Å². The van der Waals surface area contributed by atoms with Crippen LogP contribution < -0.4 is 10.3 Å². The van der Waals surface area contributed by atoms with Gasteiger partial charge in [-0.25, -0.2) is 4.79 Å². The maximum absolute atomic E-state index is 12.9.